The number of methoxy groups -OCH3 is 1. The van der Waals surface area contributed by atoms with Crippen molar-refractivity contribution in [2.45, 2.75) is 38.1 Å². The number of hydrogen-bond acceptors (Lipinski definition) is 7. The van der Waals surface area contributed by atoms with Gasteiger partial charge in [-0.2, -0.15) is 5.10 Å². The Labute approximate surface area is 168 Å². The lowest BCUT2D eigenvalue weighted by Crippen LogP contribution is -2.39. The average molecular weight is 404 g/mol. The molecule has 0 bridgehead atoms. The number of ether oxygens (including phenoxy) is 2. The SMILES string of the molecule is COc1cc(C=NN=C2NC(=O)CS2)ccc1OCC(=O)NC1CCCCC1. The molecule has 2 fully saturated rings. The number of amidine groups is 1. The van der Waals surface area contributed by atoms with Crippen LogP contribution in [0.5, 0.6) is 11.5 Å². The molecular weight excluding hydrogens is 380 g/mol. The van der Waals surface area contributed by atoms with Gasteiger partial charge in [0, 0.05) is 6.04 Å². The Morgan fingerprint density at radius 1 is 1.32 bits per heavy atom. The molecule has 1 aromatic carbocycles. The molecule has 0 radical (unpaired) electrons. The van der Waals surface area contributed by atoms with Gasteiger partial charge in [-0.25, -0.2) is 0 Å². The van der Waals surface area contributed by atoms with Gasteiger partial charge in [-0.3, -0.25) is 9.59 Å². The number of amides is 2. The molecule has 1 aliphatic carbocycles. The number of carbonyl (C=O) groups excluding carboxylic acids is 2. The Hall–Kier alpha value is -2.55. The quantitative estimate of drug-likeness (QED) is 0.535. The van der Waals surface area contributed by atoms with E-state index in [2.05, 4.69) is 20.8 Å². The summed E-state index contributed by atoms with van der Waals surface area (Å²) in [7, 11) is 1.54. The molecule has 2 aliphatic rings. The van der Waals surface area contributed by atoms with Crippen LogP contribution in [-0.2, 0) is 9.59 Å². The van der Waals surface area contributed by atoms with E-state index in [1.165, 1.54) is 38.1 Å². The third-order valence-corrected chi connectivity index (χ3v) is 5.32. The van der Waals surface area contributed by atoms with Gasteiger partial charge in [-0.15, -0.1) is 5.10 Å². The maximum Gasteiger partial charge on any atom is 0.258 e. The summed E-state index contributed by atoms with van der Waals surface area (Å²) in [6, 6.07) is 5.53. The number of carbonyl (C=O) groups is 2. The number of nitrogens with one attached hydrogen (secondary N) is 2. The Morgan fingerprint density at radius 2 is 2.14 bits per heavy atom. The first kappa shape index (κ1) is 20.2. The first-order chi connectivity index (χ1) is 13.6. The molecule has 1 heterocycles. The average Bonchev–Trinajstić information content (AvgIpc) is 3.12. The Bertz CT molecular complexity index is 775. The van der Waals surface area contributed by atoms with E-state index in [1.54, 1.807) is 24.4 Å². The van der Waals surface area contributed by atoms with E-state index in [1.807, 2.05) is 0 Å². The van der Waals surface area contributed by atoms with Crippen molar-refractivity contribution in [2.75, 3.05) is 19.5 Å². The van der Waals surface area contributed by atoms with Crippen LogP contribution in [0.2, 0.25) is 0 Å². The summed E-state index contributed by atoms with van der Waals surface area (Å²) in [5.74, 6) is 1.16. The van der Waals surface area contributed by atoms with Crippen LogP contribution in [0.15, 0.2) is 28.4 Å². The van der Waals surface area contributed by atoms with Crippen LogP contribution in [0, 0.1) is 0 Å². The molecule has 0 aromatic heterocycles. The van der Waals surface area contributed by atoms with Crippen molar-refractivity contribution in [3.63, 3.8) is 0 Å². The molecule has 2 amide bonds. The second kappa shape index (κ2) is 10.1. The zero-order valence-electron chi connectivity index (χ0n) is 15.8. The Morgan fingerprint density at radius 3 is 2.86 bits per heavy atom. The second-order valence-electron chi connectivity index (χ2n) is 6.59. The number of thioether (sulfide) groups is 1. The van der Waals surface area contributed by atoms with Gasteiger partial charge >= 0.3 is 0 Å². The molecule has 3 rings (SSSR count). The normalized spacial score (nSPS) is 19.0. The fourth-order valence-electron chi connectivity index (χ4n) is 3.07. The summed E-state index contributed by atoms with van der Waals surface area (Å²) in [6.07, 6.45) is 7.21. The number of benzene rings is 1. The van der Waals surface area contributed by atoms with E-state index in [0.717, 1.165) is 18.4 Å². The standard InChI is InChI=1S/C19H24N4O4S/c1-26-16-9-13(10-20-23-19-22-18(25)12-28-19)7-8-15(16)27-11-17(24)21-14-5-3-2-4-6-14/h7-10,14H,2-6,11-12H2,1H3,(H,21,24)(H,22,23,25). The Balaban J connectivity index is 1.53. The summed E-state index contributed by atoms with van der Waals surface area (Å²) in [6.45, 7) is -0.0507. The highest BCUT2D eigenvalue weighted by atomic mass is 32.2. The maximum atomic E-state index is 12.1. The van der Waals surface area contributed by atoms with Crippen LogP contribution >= 0.6 is 11.8 Å². The molecule has 1 aromatic rings. The van der Waals surface area contributed by atoms with Gasteiger partial charge in [-0.05, 0) is 36.6 Å². The van der Waals surface area contributed by atoms with E-state index in [4.69, 9.17) is 9.47 Å². The largest absolute Gasteiger partial charge is 0.493 e. The van der Waals surface area contributed by atoms with Crippen molar-refractivity contribution in [2.24, 2.45) is 10.2 Å². The minimum atomic E-state index is -0.119. The molecule has 9 heteroatoms. The van der Waals surface area contributed by atoms with Crippen molar-refractivity contribution in [3.8, 4) is 11.5 Å². The zero-order chi connectivity index (χ0) is 19.8. The van der Waals surface area contributed by atoms with Gasteiger partial charge in [0.15, 0.2) is 23.3 Å². The van der Waals surface area contributed by atoms with Crippen LogP contribution in [0.4, 0.5) is 0 Å². The molecule has 0 atom stereocenters. The minimum absolute atomic E-state index is 0.0507. The van der Waals surface area contributed by atoms with Crippen molar-refractivity contribution >= 4 is 35.0 Å². The fraction of sp³-hybridized carbons (Fsp3) is 0.474. The summed E-state index contributed by atoms with van der Waals surface area (Å²) in [5.41, 5.74) is 0.759. The number of nitrogens with zero attached hydrogens (tertiary/aromatic N) is 2. The van der Waals surface area contributed by atoms with Gasteiger partial charge in [0.25, 0.3) is 5.91 Å². The van der Waals surface area contributed by atoms with E-state index < -0.39 is 0 Å². The van der Waals surface area contributed by atoms with E-state index in [0.29, 0.717) is 22.4 Å². The Kier molecular flexibility index (Phi) is 7.30. The van der Waals surface area contributed by atoms with Crippen LogP contribution in [-0.4, -0.2) is 48.7 Å². The van der Waals surface area contributed by atoms with Gasteiger partial charge in [0.05, 0.1) is 19.1 Å². The molecule has 0 spiro atoms. The van der Waals surface area contributed by atoms with Crippen molar-refractivity contribution in [3.05, 3.63) is 23.8 Å². The zero-order valence-corrected chi connectivity index (χ0v) is 16.6. The molecule has 1 saturated carbocycles. The maximum absolute atomic E-state index is 12.1. The number of rotatable bonds is 7. The predicted octanol–water partition coefficient (Wildman–Crippen LogP) is 2.08. The molecule has 1 saturated heterocycles. The topological polar surface area (TPSA) is 101 Å². The second-order valence-corrected chi connectivity index (χ2v) is 7.55. The first-order valence-electron chi connectivity index (χ1n) is 9.28. The molecule has 2 N–H and O–H groups in total. The van der Waals surface area contributed by atoms with E-state index in [-0.39, 0.29) is 24.5 Å². The highest BCUT2D eigenvalue weighted by Gasteiger charge is 2.17. The van der Waals surface area contributed by atoms with E-state index in [9.17, 15) is 9.59 Å². The lowest BCUT2D eigenvalue weighted by molar-refractivity contribution is -0.124. The van der Waals surface area contributed by atoms with Crippen molar-refractivity contribution in [1.82, 2.24) is 10.6 Å². The van der Waals surface area contributed by atoms with Crippen LogP contribution in [0.25, 0.3) is 0 Å². The third-order valence-electron chi connectivity index (χ3n) is 4.46. The first-order valence-corrected chi connectivity index (χ1v) is 10.3. The predicted molar refractivity (Wildman–Crippen MR) is 109 cm³/mol. The van der Waals surface area contributed by atoms with Crippen LogP contribution < -0.4 is 20.1 Å². The lowest BCUT2D eigenvalue weighted by atomic mass is 9.95. The third kappa shape index (κ3) is 5.98. The van der Waals surface area contributed by atoms with Crippen LogP contribution in [0.1, 0.15) is 37.7 Å². The van der Waals surface area contributed by atoms with Crippen molar-refractivity contribution in [1.29, 1.82) is 0 Å². The monoisotopic (exact) mass is 404 g/mol. The molecule has 8 nitrogen and oxygen atoms in total. The van der Waals surface area contributed by atoms with Gasteiger partial charge in [-0.1, -0.05) is 31.0 Å². The molecule has 150 valence electrons. The summed E-state index contributed by atoms with van der Waals surface area (Å²) in [4.78, 5) is 23.2. The molecular formula is C19H24N4O4S. The highest BCUT2D eigenvalue weighted by Crippen LogP contribution is 2.27. The van der Waals surface area contributed by atoms with Gasteiger partial charge in [0.1, 0.15) is 0 Å². The summed E-state index contributed by atoms with van der Waals surface area (Å²) in [5, 5.41) is 14.0. The molecule has 0 unspecified atom stereocenters. The summed E-state index contributed by atoms with van der Waals surface area (Å²) < 4.78 is 11.0. The van der Waals surface area contributed by atoms with Gasteiger partial charge < -0.3 is 20.1 Å². The summed E-state index contributed by atoms with van der Waals surface area (Å²) >= 11 is 1.31. The van der Waals surface area contributed by atoms with Gasteiger partial charge in [0.2, 0.25) is 5.91 Å². The fourth-order valence-corrected chi connectivity index (χ4v) is 3.70. The number of hydrogen-bond donors (Lipinski definition) is 2. The van der Waals surface area contributed by atoms with Crippen molar-refractivity contribution < 1.29 is 19.1 Å². The molecule has 1 aliphatic heterocycles. The van der Waals surface area contributed by atoms with Crippen LogP contribution in [0.3, 0.4) is 0 Å². The molecule has 28 heavy (non-hydrogen) atoms. The lowest BCUT2D eigenvalue weighted by Gasteiger charge is -2.22. The minimum Gasteiger partial charge on any atom is -0.493 e. The highest BCUT2D eigenvalue weighted by molar-refractivity contribution is 8.15. The van der Waals surface area contributed by atoms with E-state index >= 15 is 0 Å². The smallest absolute Gasteiger partial charge is 0.258 e.